The van der Waals surface area contributed by atoms with Gasteiger partial charge < -0.3 is 4.90 Å². The summed E-state index contributed by atoms with van der Waals surface area (Å²) in [5.74, 6) is 0. The number of anilines is 3. The second kappa shape index (κ2) is 11.3. The van der Waals surface area contributed by atoms with E-state index in [9.17, 15) is 0 Å². The van der Waals surface area contributed by atoms with Gasteiger partial charge in [0.25, 0.3) is 0 Å². The van der Waals surface area contributed by atoms with Crippen molar-refractivity contribution in [3.05, 3.63) is 188 Å². The maximum atomic E-state index is 2.43. The van der Waals surface area contributed by atoms with Crippen LogP contribution in [0, 0.1) is 0 Å². The van der Waals surface area contributed by atoms with Gasteiger partial charge >= 0.3 is 0 Å². The quantitative estimate of drug-likeness (QED) is 0.178. The van der Waals surface area contributed by atoms with E-state index in [1.807, 2.05) is 0 Å². The average Bonchev–Trinajstić information content (AvgIpc) is 3.14. The lowest BCUT2D eigenvalue weighted by Crippen LogP contribution is -2.10. The van der Waals surface area contributed by atoms with Gasteiger partial charge in [-0.3, -0.25) is 0 Å². The lowest BCUT2D eigenvalue weighted by Gasteiger charge is -2.28. The molecule has 0 N–H and O–H groups in total. The van der Waals surface area contributed by atoms with Crippen LogP contribution in [0.5, 0.6) is 0 Å². The summed E-state index contributed by atoms with van der Waals surface area (Å²) in [6.07, 6.45) is 0. The van der Waals surface area contributed by atoms with Gasteiger partial charge in [-0.05, 0) is 90.3 Å². The second-order valence-corrected chi connectivity index (χ2v) is 12.1. The van der Waals surface area contributed by atoms with E-state index in [0.29, 0.717) is 0 Å². The smallest absolute Gasteiger partial charge is 0.0540 e. The normalized spacial score (nSPS) is 11.4. The van der Waals surface area contributed by atoms with E-state index < -0.39 is 0 Å². The number of hydrogen-bond acceptors (Lipinski definition) is 1. The van der Waals surface area contributed by atoms with Crippen molar-refractivity contribution in [3.8, 4) is 22.3 Å². The molecule has 0 spiro atoms. The molecule has 0 aliphatic carbocycles. The first-order valence-electron chi connectivity index (χ1n) is 16.2. The summed E-state index contributed by atoms with van der Waals surface area (Å²) in [6, 6.07) is 68.3. The highest BCUT2D eigenvalue weighted by Crippen LogP contribution is 2.47. The Hall–Kier alpha value is -6.18. The zero-order valence-electron chi connectivity index (χ0n) is 25.8. The molecule has 0 amide bonds. The minimum Gasteiger partial charge on any atom is -0.310 e. The van der Waals surface area contributed by atoms with Crippen LogP contribution < -0.4 is 4.90 Å². The monoisotopic (exact) mass is 597 g/mol. The minimum absolute atomic E-state index is 1.12. The van der Waals surface area contributed by atoms with Gasteiger partial charge in [-0.1, -0.05) is 158 Å². The van der Waals surface area contributed by atoms with E-state index in [1.165, 1.54) is 65.3 Å². The van der Waals surface area contributed by atoms with Gasteiger partial charge in [-0.25, -0.2) is 0 Å². The molecule has 0 aromatic heterocycles. The van der Waals surface area contributed by atoms with Gasteiger partial charge in [-0.15, -0.1) is 0 Å². The molecule has 0 aliphatic rings. The number of rotatable bonds is 5. The first-order chi connectivity index (χ1) is 23.3. The van der Waals surface area contributed by atoms with Crippen molar-refractivity contribution in [2.45, 2.75) is 0 Å². The Balaban J connectivity index is 1.40. The zero-order valence-corrected chi connectivity index (χ0v) is 25.8. The van der Waals surface area contributed by atoms with Crippen LogP contribution in [0.25, 0.3) is 65.3 Å². The third-order valence-electron chi connectivity index (χ3n) is 9.39. The van der Waals surface area contributed by atoms with Crippen LogP contribution in [-0.4, -0.2) is 0 Å². The Morgan fingerprint density at radius 3 is 1.47 bits per heavy atom. The molecule has 9 rings (SSSR count). The molecule has 0 saturated heterocycles. The summed E-state index contributed by atoms with van der Waals surface area (Å²) in [5.41, 5.74) is 8.37. The number of nitrogens with zero attached hydrogens (tertiary/aromatic N) is 1. The predicted molar refractivity (Wildman–Crippen MR) is 202 cm³/mol. The Labute approximate surface area is 274 Å². The molecular weight excluding hydrogens is 567 g/mol. The van der Waals surface area contributed by atoms with Crippen molar-refractivity contribution in [1.82, 2.24) is 0 Å². The highest BCUT2D eigenvalue weighted by Gasteiger charge is 2.20. The fourth-order valence-corrected chi connectivity index (χ4v) is 7.28. The van der Waals surface area contributed by atoms with Crippen molar-refractivity contribution in [2.24, 2.45) is 0 Å². The van der Waals surface area contributed by atoms with Crippen LogP contribution in [0.3, 0.4) is 0 Å². The Kier molecular flexibility index (Phi) is 6.54. The molecule has 0 radical (unpaired) electrons. The Morgan fingerprint density at radius 2 is 0.766 bits per heavy atom. The summed E-state index contributed by atoms with van der Waals surface area (Å²) < 4.78 is 0. The molecule has 0 aliphatic heterocycles. The summed E-state index contributed by atoms with van der Waals surface area (Å²) >= 11 is 0. The molecule has 220 valence electrons. The molecule has 0 heterocycles. The maximum Gasteiger partial charge on any atom is 0.0540 e. The molecule has 9 aromatic rings. The predicted octanol–water partition coefficient (Wildman–Crippen LogP) is 13.1. The summed E-state index contributed by atoms with van der Waals surface area (Å²) in [7, 11) is 0. The van der Waals surface area contributed by atoms with Crippen molar-refractivity contribution in [1.29, 1.82) is 0 Å². The molecule has 1 heteroatoms. The first kappa shape index (κ1) is 27.2. The third kappa shape index (κ3) is 4.64. The lowest BCUT2D eigenvalue weighted by molar-refractivity contribution is 1.31. The van der Waals surface area contributed by atoms with E-state index in [-0.39, 0.29) is 0 Å². The Bertz CT molecular complexity index is 2560. The summed E-state index contributed by atoms with van der Waals surface area (Å²) in [5, 5.41) is 9.89. The standard InChI is InChI=1S/C46H31N/c1-3-16-34(17-4-1)45-40-23-11-12-24-41(40)46(35-18-5-2-6-19-35)43-31-38(28-29-42(43)45)47(37-27-26-32-14-7-8-20-36(32)30-37)44-25-13-21-33-15-9-10-22-39(33)44/h1-31H. The van der Waals surface area contributed by atoms with Crippen molar-refractivity contribution >= 4 is 60.2 Å². The second-order valence-electron chi connectivity index (χ2n) is 12.1. The van der Waals surface area contributed by atoms with Crippen molar-refractivity contribution in [3.63, 3.8) is 0 Å². The number of benzene rings is 9. The SMILES string of the molecule is c1ccc(-c2c3ccccc3c(-c3ccccc3)c3cc(N(c4ccc5ccccc5c4)c4cccc5ccccc45)ccc23)cc1. The topological polar surface area (TPSA) is 3.24 Å². The largest absolute Gasteiger partial charge is 0.310 e. The molecule has 0 fully saturated rings. The molecule has 47 heavy (non-hydrogen) atoms. The van der Waals surface area contributed by atoms with Crippen LogP contribution in [0.2, 0.25) is 0 Å². The van der Waals surface area contributed by atoms with Crippen LogP contribution in [0.4, 0.5) is 17.1 Å². The van der Waals surface area contributed by atoms with Gasteiger partial charge in [0.2, 0.25) is 0 Å². The third-order valence-corrected chi connectivity index (χ3v) is 9.39. The molecular formula is C46H31N. The molecule has 0 unspecified atom stereocenters. The highest BCUT2D eigenvalue weighted by atomic mass is 15.1. The van der Waals surface area contributed by atoms with Gasteiger partial charge in [0.15, 0.2) is 0 Å². The van der Waals surface area contributed by atoms with Crippen LogP contribution >= 0.6 is 0 Å². The van der Waals surface area contributed by atoms with Crippen LogP contribution in [-0.2, 0) is 0 Å². The van der Waals surface area contributed by atoms with Gasteiger partial charge in [0.1, 0.15) is 0 Å². The molecule has 0 bridgehead atoms. The average molecular weight is 598 g/mol. The van der Waals surface area contributed by atoms with Crippen LogP contribution in [0.1, 0.15) is 0 Å². The molecule has 9 aromatic carbocycles. The zero-order chi connectivity index (χ0) is 31.2. The van der Waals surface area contributed by atoms with Gasteiger partial charge in [0, 0.05) is 16.8 Å². The van der Waals surface area contributed by atoms with Gasteiger partial charge in [0.05, 0.1) is 5.69 Å². The molecule has 1 nitrogen and oxygen atoms in total. The number of hydrogen-bond donors (Lipinski definition) is 0. The lowest BCUT2D eigenvalue weighted by atomic mass is 9.85. The van der Waals surface area contributed by atoms with Crippen molar-refractivity contribution < 1.29 is 0 Å². The first-order valence-corrected chi connectivity index (χ1v) is 16.2. The Morgan fingerprint density at radius 1 is 0.277 bits per heavy atom. The van der Waals surface area contributed by atoms with Crippen LogP contribution in [0.15, 0.2) is 188 Å². The maximum absolute atomic E-state index is 2.43. The van der Waals surface area contributed by atoms with E-state index in [4.69, 9.17) is 0 Å². The fourth-order valence-electron chi connectivity index (χ4n) is 7.28. The van der Waals surface area contributed by atoms with Gasteiger partial charge in [-0.2, -0.15) is 0 Å². The minimum atomic E-state index is 1.12. The summed E-state index contributed by atoms with van der Waals surface area (Å²) in [6.45, 7) is 0. The molecule has 0 saturated carbocycles. The fraction of sp³-hybridized carbons (Fsp3) is 0. The molecule has 0 atom stereocenters. The van der Waals surface area contributed by atoms with E-state index >= 15 is 0 Å². The van der Waals surface area contributed by atoms with E-state index in [2.05, 4.69) is 193 Å². The highest BCUT2D eigenvalue weighted by molar-refractivity contribution is 6.22. The number of fused-ring (bicyclic) bond motifs is 4. The van der Waals surface area contributed by atoms with Crippen molar-refractivity contribution in [2.75, 3.05) is 4.90 Å². The summed E-state index contributed by atoms with van der Waals surface area (Å²) in [4.78, 5) is 2.43. The van der Waals surface area contributed by atoms with E-state index in [1.54, 1.807) is 0 Å². The van der Waals surface area contributed by atoms with E-state index in [0.717, 1.165) is 17.1 Å².